The van der Waals surface area contributed by atoms with Crippen molar-refractivity contribution in [1.29, 1.82) is 0 Å². The van der Waals surface area contributed by atoms with E-state index in [4.69, 9.17) is 9.90 Å². The molecule has 0 aliphatic carbocycles. The Balaban J connectivity index is 0.000000775. The van der Waals surface area contributed by atoms with E-state index in [0.29, 0.717) is 29.5 Å². The van der Waals surface area contributed by atoms with Gasteiger partial charge in [0.15, 0.2) is 5.82 Å². The molecule has 3 fully saturated rings. The minimum atomic E-state index is -0.250. The number of aliphatic hydroxyl groups is 1. The number of hydrogen-bond acceptors (Lipinski definition) is 7. The Morgan fingerprint density at radius 2 is 1.97 bits per heavy atom. The van der Waals surface area contributed by atoms with E-state index in [1.807, 2.05) is 17.0 Å². The zero-order valence-corrected chi connectivity index (χ0v) is 18.0. The van der Waals surface area contributed by atoms with Gasteiger partial charge >= 0.3 is 0 Å². The van der Waals surface area contributed by atoms with E-state index in [1.54, 1.807) is 12.4 Å². The number of nitrogens with zero attached hydrogens (tertiary/aromatic N) is 5. The summed E-state index contributed by atoms with van der Waals surface area (Å²) in [5.74, 6) is 2.15. The van der Waals surface area contributed by atoms with Gasteiger partial charge in [-0.15, -0.1) is 0 Å². The van der Waals surface area contributed by atoms with Gasteiger partial charge in [0, 0.05) is 43.1 Å². The second kappa shape index (κ2) is 10.2. The molecule has 0 radical (unpaired) electrons. The van der Waals surface area contributed by atoms with Crippen LogP contribution >= 0.6 is 0 Å². The number of rotatable bonds is 4. The second-order valence-electron chi connectivity index (χ2n) is 8.73. The molecule has 10 heteroatoms. The predicted octanol–water partition coefficient (Wildman–Crippen LogP) is 0.804. The van der Waals surface area contributed by atoms with Crippen LogP contribution in [0.4, 0.5) is 0 Å². The van der Waals surface area contributed by atoms with Crippen molar-refractivity contribution in [3.05, 3.63) is 30.4 Å². The van der Waals surface area contributed by atoms with Gasteiger partial charge in [0.05, 0.1) is 13.0 Å². The molecule has 5 heterocycles. The Hall–Kier alpha value is -2.85. The van der Waals surface area contributed by atoms with Crippen molar-refractivity contribution in [2.45, 2.75) is 44.2 Å². The number of carbonyl (C=O) groups excluding carboxylic acids is 1. The zero-order chi connectivity index (χ0) is 22.5. The number of pyridine rings is 1. The average Bonchev–Trinajstić information content (AvgIpc) is 3.29. The highest BCUT2D eigenvalue weighted by Crippen LogP contribution is 2.41. The second-order valence-corrected chi connectivity index (χ2v) is 8.73. The van der Waals surface area contributed by atoms with Crippen LogP contribution in [0.25, 0.3) is 11.4 Å². The van der Waals surface area contributed by atoms with Crippen molar-refractivity contribution in [2.24, 2.45) is 11.8 Å². The van der Waals surface area contributed by atoms with Crippen LogP contribution in [0, 0.1) is 11.8 Å². The highest BCUT2D eigenvalue weighted by molar-refractivity contribution is 5.78. The van der Waals surface area contributed by atoms with E-state index >= 15 is 0 Å². The van der Waals surface area contributed by atoms with Crippen molar-refractivity contribution >= 4 is 12.4 Å². The Bertz CT molecular complexity index is 893. The summed E-state index contributed by atoms with van der Waals surface area (Å²) < 4.78 is 0. The molecule has 5 rings (SSSR count). The van der Waals surface area contributed by atoms with Crippen molar-refractivity contribution in [3.63, 3.8) is 0 Å². The fraction of sp³-hybridized carbons (Fsp3) is 0.591. The standard InChI is InChI=1S/C21H28N6O2.CH2O2/c28-13-18-16-9-15(17-3-1-2-8-27(17)18)11-26(12-16)20(29)10-19-23-21(25-24-19)14-4-6-22-7-5-14;2-1-3/h4-7,15-18,28H,1-3,8-13H2,(H,23,24,25);1H,(H,2,3)/t15-,16+,17+,18+;/m1./s1. The van der Waals surface area contributed by atoms with Gasteiger partial charge in [-0.2, -0.15) is 5.10 Å². The van der Waals surface area contributed by atoms with Crippen LogP contribution in [0.5, 0.6) is 0 Å². The largest absolute Gasteiger partial charge is 0.483 e. The number of carbonyl (C=O) groups is 2. The number of likely N-dealkylation sites (tertiary alicyclic amines) is 1. The lowest BCUT2D eigenvalue weighted by Crippen LogP contribution is -2.65. The number of aliphatic hydroxyl groups excluding tert-OH is 1. The monoisotopic (exact) mass is 442 g/mol. The first-order valence-corrected chi connectivity index (χ1v) is 11.2. The van der Waals surface area contributed by atoms with E-state index in [9.17, 15) is 9.90 Å². The van der Waals surface area contributed by atoms with E-state index < -0.39 is 0 Å². The van der Waals surface area contributed by atoms with Crippen molar-refractivity contribution < 1.29 is 19.8 Å². The van der Waals surface area contributed by atoms with E-state index in [2.05, 4.69) is 25.1 Å². The topological polar surface area (TPSA) is 136 Å². The third kappa shape index (κ3) is 4.66. The van der Waals surface area contributed by atoms with Crippen LogP contribution in [-0.2, 0) is 16.0 Å². The zero-order valence-electron chi connectivity index (χ0n) is 18.0. The summed E-state index contributed by atoms with van der Waals surface area (Å²) in [6.07, 6.45) is 8.43. The van der Waals surface area contributed by atoms with Crippen LogP contribution in [-0.4, -0.2) is 90.9 Å². The number of aromatic amines is 1. The highest BCUT2D eigenvalue weighted by Gasteiger charge is 2.47. The summed E-state index contributed by atoms with van der Waals surface area (Å²) in [6, 6.07) is 4.41. The molecule has 10 nitrogen and oxygen atoms in total. The fourth-order valence-corrected chi connectivity index (χ4v) is 5.62. The van der Waals surface area contributed by atoms with Gasteiger partial charge < -0.3 is 15.1 Å². The van der Waals surface area contributed by atoms with E-state index in [0.717, 1.165) is 31.6 Å². The first kappa shape index (κ1) is 22.3. The first-order valence-electron chi connectivity index (χ1n) is 11.2. The molecule has 32 heavy (non-hydrogen) atoms. The maximum atomic E-state index is 13.1. The van der Waals surface area contributed by atoms with Gasteiger partial charge in [0.2, 0.25) is 5.91 Å². The molecular formula is C22H30N6O4. The SMILES string of the molecule is O=C(Cc1nc(-c2ccncc2)n[nH]1)N1C[C@H]2C[C@@H](C1)[C@H](CO)N1CCCC[C@@H]21.O=CO. The van der Waals surface area contributed by atoms with E-state index in [-0.39, 0.29) is 31.4 Å². The Kier molecular flexibility index (Phi) is 7.11. The number of fused-ring (bicyclic) bond motifs is 4. The molecule has 1 amide bonds. The minimum absolute atomic E-state index is 0.0954. The summed E-state index contributed by atoms with van der Waals surface area (Å²) >= 11 is 0. The molecule has 172 valence electrons. The fourth-order valence-electron chi connectivity index (χ4n) is 5.62. The Morgan fingerprint density at radius 1 is 1.22 bits per heavy atom. The van der Waals surface area contributed by atoms with E-state index in [1.165, 1.54) is 19.3 Å². The molecule has 2 aromatic heterocycles. The maximum absolute atomic E-state index is 13.1. The van der Waals surface area contributed by atoms with Gasteiger partial charge in [-0.1, -0.05) is 6.42 Å². The summed E-state index contributed by atoms with van der Waals surface area (Å²) in [7, 11) is 0. The third-order valence-electron chi connectivity index (χ3n) is 6.95. The van der Waals surface area contributed by atoms with Gasteiger partial charge in [-0.05, 0) is 49.8 Å². The molecule has 3 aliphatic rings. The minimum Gasteiger partial charge on any atom is -0.483 e. The van der Waals surface area contributed by atoms with Crippen molar-refractivity contribution in [2.75, 3.05) is 26.2 Å². The number of nitrogens with one attached hydrogen (secondary N) is 1. The normalized spacial score (nSPS) is 27.1. The molecule has 0 unspecified atom stereocenters. The molecule has 0 spiro atoms. The summed E-state index contributed by atoms with van der Waals surface area (Å²) in [5, 5.41) is 24.1. The summed E-state index contributed by atoms with van der Waals surface area (Å²) in [4.78, 5) is 34.5. The number of carboxylic acid groups (broad SMARTS) is 1. The molecule has 0 saturated carbocycles. The van der Waals surface area contributed by atoms with Crippen molar-refractivity contribution in [3.8, 4) is 11.4 Å². The molecule has 2 aromatic rings. The number of H-pyrrole nitrogens is 1. The maximum Gasteiger partial charge on any atom is 0.290 e. The molecule has 4 atom stereocenters. The number of piperidine rings is 3. The number of aromatic nitrogens is 4. The first-order chi connectivity index (χ1) is 15.6. The van der Waals surface area contributed by atoms with Gasteiger partial charge in [0.1, 0.15) is 5.82 Å². The lowest BCUT2D eigenvalue weighted by atomic mass is 9.72. The van der Waals surface area contributed by atoms with Gasteiger partial charge in [-0.25, -0.2) is 4.98 Å². The van der Waals surface area contributed by atoms with Crippen LogP contribution in [0.3, 0.4) is 0 Å². The quantitative estimate of drug-likeness (QED) is 0.592. The van der Waals surface area contributed by atoms with Crippen LogP contribution < -0.4 is 0 Å². The van der Waals surface area contributed by atoms with Crippen LogP contribution in [0.15, 0.2) is 24.5 Å². The molecule has 3 saturated heterocycles. The Labute approximate surface area is 186 Å². The lowest BCUT2D eigenvalue weighted by Gasteiger charge is -2.56. The molecule has 2 bridgehead atoms. The number of amides is 1. The third-order valence-corrected chi connectivity index (χ3v) is 6.95. The molecule has 3 aliphatic heterocycles. The molecular weight excluding hydrogens is 412 g/mol. The summed E-state index contributed by atoms with van der Waals surface area (Å²) in [5.41, 5.74) is 0.880. The molecule has 0 aromatic carbocycles. The average molecular weight is 443 g/mol. The van der Waals surface area contributed by atoms with Crippen LogP contribution in [0.1, 0.15) is 31.5 Å². The van der Waals surface area contributed by atoms with Gasteiger partial charge in [-0.3, -0.25) is 24.6 Å². The highest BCUT2D eigenvalue weighted by atomic mass is 16.3. The predicted molar refractivity (Wildman–Crippen MR) is 115 cm³/mol. The number of hydrogen-bond donors (Lipinski definition) is 3. The smallest absolute Gasteiger partial charge is 0.290 e. The molecule has 3 N–H and O–H groups in total. The van der Waals surface area contributed by atoms with Gasteiger partial charge in [0.25, 0.3) is 6.47 Å². The summed E-state index contributed by atoms with van der Waals surface area (Å²) in [6.45, 7) is 2.58. The Morgan fingerprint density at radius 3 is 2.72 bits per heavy atom. The van der Waals surface area contributed by atoms with Crippen LogP contribution in [0.2, 0.25) is 0 Å². The lowest BCUT2D eigenvalue weighted by molar-refractivity contribution is -0.141. The van der Waals surface area contributed by atoms with Crippen molar-refractivity contribution in [1.82, 2.24) is 30.0 Å².